The fourth-order valence-electron chi connectivity index (χ4n) is 5.39. The Hall–Kier alpha value is -1.57. The molecule has 0 spiro atoms. The van der Waals surface area contributed by atoms with E-state index in [0.29, 0.717) is 17.8 Å². The van der Waals surface area contributed by atoms with E-state index in [1.54, 1.807) is 6.92 Å². The van der Waals surface area contributed by atoms with Crippen LogP contribution in [0.5, 0.6) is 0 Å². The number of nitriles is 1. The number of carbonyl (C=O) groups is 2. The van der Waals surface area contributed by atoms with Gasteiger partial charge in [0.2, 0.25) is 5.91 Å². The van der Waals surface area contributed by atoms with Crippen LogP contribution in [0.25, 0.3) is 0 Å². The van der Waals surface area contributed by atoms with Crippen LogP contribution in [0.15, 0.2) is 0 Å². The summed E-state index contributed by atoms with van der Waals surface area (Å²) in [6.07, 6.45) is 6.65. The number of carboxylic acid groups (broad SMARTS) is 1. The predicted molar refractivity (Wildman–Crippen MR) is 79.6 cm³/mol. The van der Waals surface area contributed by atoms with Gasteiger partial charge in [0.15, 0.2) is 0 Å². The summed E-state index contributed by atoms with van der Waals surface area (Å²) in [4.78, 5) is 24.3. The molecule has 120 valence electrons. The van der Waals surface area contributed by atoms with E-state index in [2.05, 4.69) is 5.32 Å². The number of hydrogen-bond acceptors (Lipinski definition) is 3. The first-order chi connectivity index (χ1) is 10.4. The molecule has 4 saturated carbocycles. The highest BCUT2D eigenvalue weighted by Gasteiger charge is 2.55. The van der Waals surface area contributed by atoms with Gasteiger partial charge in [-0.1, -0.05) is 6.92 Å². The molecular formula is C17H24N2O3. The number of nitrogens with one attached hydrogen (secondary N) is 1. The quantitative estimate of drug-likeness (QED) is 0.815. The summed E-state index contributed by atoms with van der Waals surface area (Å²) in [6, 6.07) is 1.04. The highest BCUT2D eigenvalue weighted by Crippen LogP contribution is 2.60. The highest BCUT2D eigenvalue weighted by molar-refractivity contribution is 5.88. The number of hydrogen-bond donors (Lipinski definition) is 2. The van der Waals surface area contributed by atoms with Crippen LogP contribution in [-0.2, 0) is 9.59 Å². The number of nitrogens with zero attached hydrogens (tertiary/aromatic N) is 1. The minimum absolute atomic E-state index is 0.0798. The fraction of sp³-hybridized carbons (Fsp3) is 0.824. The second-order valence-corrected chi connectivity index (χ2v) is 7.83. The number of carboxylic acids is 1. The number of aliphatic carboxylic acids is 1. The monoisotopic (exact) mass is 304 g/mol. The van der Waals surface area contributed by atoms with Crippen molar-refractivity contribution < 1.29 is 14.7 Å². The Morgan fingerprint density at radius 3 is 2.14 bits per heavy atom. The zero-order valence-corrected chi connectivity index (χ0v) is 13.0. The van der Waals surface area contributed by atoms with E-state index in [1.807, 2.05) is 6.07 Å². The summed E-state index contributed by atoms with van der Waals surface area (Å²) in [5.74, 6) is 0.454. The van der Waals surface area contributed by atoms with Gasteiger partial charge < -0.3 is 10.4 Å². The van der Waals surface area contributed by atoms with Crippen LogP contribution < -0.4 is 5.32 Å². The largest absolute Gasteiger partial charge is 0.480 e. The van der Waals surface area contributed by atoms with Crippen molar-refractivity contribution in [3.63, 3.8) is 0 Å². The van der Waals surface area contributed by atoms with Crippen molar-refractivity contribution in [3.05, 3.63) is 0 Å². The molecule has 5 nitrogen and oxygen atoms in total. The van der Waals surface area contributed by atoms with Crippen LogP contribution in [-0.4, -0.2) is 23.0 Å². The Morgan fingerprint density at radius 2 is 1.73 bits per heavy atom. The molecule has 4 aliphatic carbocycles. The van der Waals surface area contributed by atoms with Crippen molar-refractivity contribution in [2.45, 2.75) is 57.9 Å². The number of amides is 1. The summed E-state index contributed by atoms with van der Waals surface area (Å²) in [5, 5.41) is 20.9. The summed E-state index contributed by atoms with van der Waals surface area (Å²) in [5.41, 5.74) is -0.338. The molecular weight excluding hydrogens is 280 g/mol. The van der Waals surface area contributed by atoms with Crippen molar-refractivity contribution in [1.82, 2.24) is 5.32 Å². The smallest absolute Gasteiger partial charge is 0.326 e. The topological polar surface area (TPSA) is 90.2 Å². The molecule has 0 heterocycles. The van der Waals surface area contributed by atoms with Crippen molar-refractivity contribution in [1.29, 1.82) is 5.26 Å². The lowest BCUT2D eigenvalue weighted by Gasteiger charge is -2.55. The van der Waals surface area contributed by atoms with E-state index in [4.69, 9.17) is 5.26 Å². The van der Waals surface area contributed by atoms with Gasteiger partial charge in [0.1, 0.15) is 6.04 Å². The SMILES string of the molecule is C[C@H](CC#N)[C@H](NC(=O)C12CC3CC(CC(C3)C1)C2)C(=O)O. The van der Waals surface area contributed by atoms with Gasteiger partial charge in [0, 0.05) is 17.8 Å². The zero-order chi connectivity index (χ0) is 15.9. The maximum atomic E-state index is 12.9. The van der Waals surface area contributed by atoms with E-state index in [9.17, 15) is 14.7 Å². The van der Waals surface area contributed by atoms with Crippen molar-refractivity contribution in [3.8, 4) is 6.07 Å². The standard InChI is InChI=1S/C17H24N2O3/c1-10(2-3-18)14(15(20)21)19-16(22)17-7-11-4-12(8-17)6-13(5-11)9-17/h10-14H,2,4-9H2,1H3,(H,19,22)(H,20,21)/t10-,11?,12?,13?,14+,17?/m1/s1. The molecule has 2 N–H and O–H groups in total. The molecule has 0 radical (unpaired) electrons. The Bertz CT molecular complexity index is 487. The first kappa shape index (κ1) is 15.3. The molecule has 2 atom stereocenters. The van der Waals surface area contributed by atoms with E-state index in [-0.39, 0.29) is 23.7 Å². The first-order valence-electron chi connectivity index (χ1n) is 8.34. The van der Waals surface area contributed by atoms with Crippen LogP contribution in [0.1, 0.15) is 51.9 Å². The normalized spacial score (nSPS) is 38.1. The molecule has 0 aromatic heterocycles. The lowest BCUT2D eigenvalue weighted by atomic mass is 9.49. The molecule has 0 aromatic carbocycles. The maximum absolute atomic E-state index is 12.9. The zero-order valence-electron chi connectivity index (χ0n) is 13.0. The van der Waals surface area contributed by atoms with Gasteiger partial charge in [-0.2, -0.15) is 5.26 Å². The van der Waals surface area contributed by atoms with Gasteiger partial charge in [-0.15, -0.1) is 0 Å². The predicted octanol–water partition coefficient (Wildman–Crippen LogP) is 2.32. The summed E-state index contributed by atoms with van der Waals surface area (Å²) in [6.45, 7) is 1.71. The molecule has 4 fully saturated rings. The van der Waals surface area contributed by atoms with Gasteiger partial charge in [-0.25, -0.2) is 4.79 Å². The van der Waals surface area contributed by atoms with Crippen LogP contribution in [0.2, 0.25) is 0 Å². The van der Waals surface area contributed by atoms with Gasteiger partial charge in [0.05, 0.1) is 6.07 Å². The Balaban J connectivity index is 1.73. The Kier molecular flexibility index (Phi) is 3.88. The average molecular weight is 304 g/mol. The third-order valence-electron chi connectivity index (χ3n) is 6.05. The molecule has 0 aliphatic heterocycles. The Morgan fingerprint density at radius 1 is 1.23 bits per heavy atom. The molecule has 4 aliphatic rings. The maximum Gasteiger partial charge on any atom is 0.326 e. The molecule has 4 bridgehead atoms. The van der Waals surface area contributed by atoms with Crippen molar-refractivity contribution in [2.24, 2.45) is 29.1 Å². The molecule has 0 unspecified atom stereocenters. The molecule has 0 aromatic rings. The van der Waals surface area contributed by atoms with Crippen LogP contribution >= 0.6 is 0 Å². The lowest BCUT2D eigenvalue weighted by molar-refractivity contribution is -0.152. The molecule has 22 heavy (non-hydrogen) atoms. The lowest BCUT2D eigenvalue weighted by Crippen LogP contribution is -2.57. The van der Waals surface area contributed by atoms with Crippen LogP contribution in [0.4, 0.5) is 0 Å². The van der Waals surface area contributed by atoms with Crippen LogP contribution in [0, 0.1) is 40.4 Å². The third kappa shape index (κ3) is 2.60. The van der Waals surface area contributed by atoms with E-state index in [0.717, 1.165) is 19.3 Å². The first-order valence-corrected chi connectivity index (χ1v) is 8.34. The summed E-state index contributed by atoms with van der Waals surface area (Å²) < 4.78 is 0. The third-order valence-corrected chi connectivity index (χ3v) is 6.05. The van der Waals surface area contributed by atoms with E-state index >= 15 is 0 Å². The second kappa shape index (κ2) is 5.57. The Labute approximate surface area is 131 Å². The number of rotatable bonds is 5. The summed E-state index contributed by atoms with van der Waals surface area (Å²) >= 11 is 0. The van der Waals surface area contributed by atoms with Gasteiger partial charge >= 0.3 is 5.97 Å². The second-order valence-electron chi connectivity index (χ2n) is 7.83. The fourth-order valence-corrected chi connectivity index (χ4v) is 5.39. The van der Waals surface area contributed by atoms with Gasteiger partial charge in [-0.05, 0) is 56.3 Å². The molecule has 0 saturated heterocycles. The minimum Gasteiger partial charge on any atom is -0.480 e. The van der Waals surface area contributed by atoms with Crippen LogP contribution in [0.3, 0.4) is 0 Å². The average Bonchev–Trinajstić information content (AvgIpc) is 2.42. The van der Waals surface area contributed by atoms with Crippen molar-refractivity contribution in [2.75, 3.05) is 0 Å². The molecule has 5 heteroatoms. The van der Waals surface area contributed by atoms with Gasteiger partial charge in [-0.3, -0.25) is 4.79 Å². The van der Waals surface area contributed by atoms with Gasteiger partial charge in [0.25, 0.3) is 0 Å². The minimum atomic E-state index is -1.04. The molecule has 1 amide bonds. The highest BCUT2D eigenvalue weighted by atomic mass is 16.4. The van der Waals surface area contributed by atoms with Crippen molar-refractivity contribution >= 4 is 11.9 Å². The van der Waals surface area contributed by atoms with E-state index < -0.39 is 12.0 Å². The number of carbonyl (C=O) groups excluding carboxylic acids is 1. The summed E-state index contributed by atoms with van der Waals surface area (Å²) in [7, 11) is 0. The molecule has 4 rings (SSSR count). The van der Waals surface area contributed by atoms with E-state index in [1.165, 1.54) is 19.3 Å².